The molecular formula is C15H18ClNOS. The lowest BCUT2D eigenvalue weighted by Gasteiger charge is -2.13. The maximum absolute atomic E-state index is 6.23. The van der Waals surface area contributed by atoms with Crippen molar-refractivity contribution in [3.63, 3.8) is 0 Å². The fourth-order valence-electron chi connectivity index (χ4n) is 1.81. The quantitative estimate of drug-likeness (QED) is 0.829. The van der Waals surface area contributed by atoms with Crippen LogP contribution in [0.25, 0.3) is 0 Å². The first-order valence-electron chi connectivity index (χ1n) is 6.43. The van der Waals surface area contributed by atoms with Crippen LogP contribution in [0.1, 0.15) is 18.1 Å². The lowest BCUT2D eigenvalue weighted by atomic mass is 10.2. The van der Waals surface area contributed by atoms with Gasteiger partial charge in [-0.1, -0.05) is 24.6 Å². The Morgan fingerprint density at radius 2 is 2.21 bits per heavy atom. The third kappa shape index (κ3) is 4.23. The van der Waals surface area contributed by atoms with E-state index in [0.29, 0.717) is 6.61 Å². The summed E-state index contributed by atoms with van der Waals surface area (Å²) in [5.74, 6) is 0.878. The van der Waals surface area contributed by atoms with Crippen LogP contribution in [0.3, 0.4) is 0 Å². The molecule has 0 saturated carbocycles. The zero-order chi connectivity index (χ0) is 13.5. The number of thiophene rings is 1. The Labute approximate surface area is 123 Å². The predicted molar refractivity (Wildman–Crippen MR) is 82.4 cm³/mol. The minimum absolute atomic E-state index is 0.677. The number of hydrogen-bond donors (Lipinski definition) is 1. The van der Waals surface area contributed by atoms with Crippen LogP contribution in [0, 0.1) is 0 Å². The van der Waals surface area contributed by atoms with Gasteiger partial charge in [0.1, 0.15) is 5.75 Å². The minimum Gasteiger partial charge on any atom is -0.493 e. The van der Waals surface area contributed by atoms with E-state index in [1.807, 2.05) is 18.2 Å². The Bertz CT molecular complexity index is 499. The van der Waals surface area contributed by atoms with E-state index >= 15 is 0 Å². The molecule has 0 saturated heterocycles. The van der Waals surface area contributed by atoms with E-state index in [1.54, 1.807) is 11.3 Å². The number of benzene rings is 1. The van der Waals surface area contributed by atoms with Crippen LogP contribution in [0.2, 0.25) is 5.02 Å². The molecule has 0 amide bonds. The van der Waals surface area contributed by atoms with Crippen LogP contribution in [-0.4, -0.2) is 13.2 Å². The fourth-order valence-corrected chi connectivity index (χ4v) is 2.75. The molecule has 0 unspecified atom stereocenters. The van der Waals surface area contributed by atoms with E-state index in [0.717, 1.165) is 35.8 Å². The van der Waals surface area contributed by atoms with Gasteiger partial charge in [-0.05, 0) is 41.1 Å². The number of nitrogens with one attached hydrogen (secondary N) is 1. The van der Waals surface area contributed by atoms with Gasteiger partial charge < -0.3 is 10.1 Å². The van der Waals surface area contributed by atoms with Crippen LogP contribution in [-0.2, 0) is 13.0 Å². The molecule has 0 atom stereocenters. The summed E-state index contributed by atoms with van der Waals surface area (Å²) in [6.45, 7) is 4.41. The molecule has 0 aliphatic rings. The molecule has 4 heteroatoms. The van der Waals surface area contributed by atoms with E-state index in [1.165, 1.54) is 5.56 Å². The van der Waals surface area contributed by atoms with Gasteiger partial charge in [-0.25, -0.2) is 0 Å². The molecule has 2 aromatic rings. The fraction of sp³-hybridized carbons (Fsp3) is 0.333. The maximum atomic E-state index is 6.23. The first kappa shape index (κ1) is 14.4. The summed E-state index contributed by atoms with van der Waals surface area (Å²) >= 11 is 7.94. The van der Waals surface area contributed by atoms with Crippen LogP contribution in [0.15, 0.2) is 35.0 Å². The van der Waals surface area contributed by atoms with Gasteiger partial charge >= 0.3 is 0 Å². The van der Waals surface area contributed by atoms with Crippen molar-refractivity contribution in [3.05, 3.63) is 51.2 Å². The highest BCUT2D eigenvalue weighted by Crippen LogP contribution is 2.26. The molecule has 19 heavy (non-hydrogen) atoms. The summed E-state index contributed by atoms with van der Waals surface area (Å²) < 4.78 is 5.87. The second-order valence-corrected chi connectivity index (χ2v) is 5.41. The summed E-state index contributed by atoms with van der Waals surface area (Å²) in [7, 11) is 0. The molecule has 0 aliphatic heterocycles. The molecule has 1 N–H and O–H groups in total. The summed E-state index contributed by atoms with van der Waals surface area (Å²) in [5.41, 5.74) is 2.36. The molecule has 1 heterocycles. The molecule has 1 aromatic carbocycles. The normalized spacial score (nSPS) is 10.6. The summed E-state index contributed by atoms with van der Waals surface area (Å²) in [6, 6.07) is 7.94. The van der Waals surface area contributed by atoms with Crippen molar-refractivity contribution in [2.75, 3.05) is 13.2 Å². The Balaban J connectivity index is 1.96. The Morgan fingerprint density at radius 1 is 1.32 bits per heavy atom. The van der Waals surface area contributed by atoms with Gasteiger partial charge in [0, 0.05) is 23.6 Å². The third-order valence-corrected chi connectivity index (χ3v) is 3.94. The van der Waals surface area contributed by atoms with E-state index in [9.17, 15) is 0 Å². The van der Waals surface area contributed by atoms with Crippen molar-refractivity contribution >= 4 is 22.9 Å². The monoisotopic (exact) mass is 295 g/mol. The zero-order valence-corrected chi connectivity index (χ0v) is 12.6. The second kappa shape index (κ2) is 7.53. The van der Waals surface area contributed by atoms with Crippen molar-refractivity contribution in [2.24, 2.45) is 0 Å². The Morgan fingerprint density at radius 3 is 2.95 bits per heavy atom. The molecule has 102 valence electrons. The molecule has 1 aromatic heterocycles. The van der Waals surface area contributed by atoms with Crippen LogP contribution in [0.5, 0.6) is 5.75 Å². The third-order valence-electron chi connectivity index (χ3n) is 2.86. The lowest BCUT2D eigenvalue weighted by molar-refractivity contribution is 0.318. The second-order valence-electron chi connectivity index (χ2n) is 4.23. The van der Waals surface area contributed by atoms with Crippen molar-refractivity contribution in [1.29, 1.82) is 0 Å². The van der Waals surface area contributed by atoms with Crippen LogP contribution < -0.4 is 10.1 Å². The number of rotatable bonds is 7. The standard InChI is InChI=1S/C15H18ClNOS/c1-2-17-10-13-14(16)4-3-5-15(13)18-8-6-12-7-9-19-11-12/h3-5,7,9,11,17H,2,6,8,10H2,1H3. The SMILES string of the molecule is CCNCc1c(Cl)cccc1OCCc1ccsc1. The van der Waals surface area contributed by atoms with Gasteiger partial charge in [0.15, 0.2) is 0 Å². The number of halogens is 1. The number of hydrogen-bond acceptors (Lipinski definition) is 3. The number of ether oxygens (including phenoxy) is 1. The summed E-state index contributed by atoms with van der Waals surface area (Å²) in [5, 5.41) is 8.29. The highest BCUT2D eigenvalue weighted by Gasteiger charge is 2.07. The van der Waals surface area contributed by atoms with Gasteiger partial charge in [-0.2, -0.15) is 11.3 Å². The minimum atomic E-state index is 0.677. The summed E-state index contributed by atoms with van der Waals surface area (Å²) in [6.07, 6.45) is 0.927. The van der Waals surface area contributed by atoms with Crippen LogP contribution >= 0.6 is 22.9 Å². The van der Waals surface area contributed by atoms with Gasteiger partial charge in [0.2, 0.25) is 0 Å². The largest absolute Gasteiger partial charge is 0.493 e. The molecule has 0 aliphatic carbocycles. The lowest BCUT2D eigenvalue weighted by Crippen LogP contribution is -2.13. The van der Waals surface area contributed by atoms with E-state index in [4.69, 9.17) is 16.3 Å². The molecule has 0 radical (unpaired) electrons. The first-order valence-corrected chi connectivity index (χ1v) is 7.75. The highest BCUT2D eigenvalue weighted by atomic mass is 35.5. The first-order chi connectivity index (χ1) is 9.31. The van der Waals surface area contributed by atoms with Crippen molar-refractivity contribution in [3.8, 4) is 5.75 Å². The van der Waals surface area contributed by atoms with Crippen LogP contribution in [0.4, 0.5) is 0 Å². The topological polar surface area (TPSA) is 21.3 Å². The van der Waals surface area contributed by atoms with E-state index in [2.05, 4.69) is 29.1 Å². The maximum Gasteiger partial charge on any atom is 0.125 e. The highest BCUT2D eigenvalue weighted by molar-refractivity contribution is 7.07. The van der Waals surface area contributed by atoms with Gasteiger partial charge in [-0.3, -0.25) is 0 Å². The smallest absolute Gasteiger partial charge is 0.125 e. The molecule has 2 rings (SSSR count). The van der Waals surface area contributed by atoms with Crippen molar-refractivity contribution in [1.82, 2.24) is 5.32 Å². The average Bonchev–Trinajstić information content (AvgIpc) is 2.91. The molecule has 0 fully saturated rings. The van der Waals surface area contributed by atoms with Gasteiger partial charge in [-0.15, -0.1) is 0 Å². The van der Waals surface area contributed by atoms with E-state index < -0.39 is 0 Å². The Hall–Kier alpha value is -1.03. The van der Waals surface area contributed by atoms with E-state index in [-0.39, 0.29) is 0 Å². The van der Waals surface area contributed by atoms with Gasteiger partial charge in [0.05, 0.1) is 6.61 Å². The van der Waals surface area contributed by atoms with Gasteiger partial charge in [0.25, 0.3) is 0 Å². The molecular weight excluding hydrogens is 278 g/mol. The van der Waals surface area contributed by atoms with Crippen molar-refractivity contribution < 1.29 is 4.74 Å². The molecule has 2 nitrogen and oxygen atoms in total. The zero-order valence-electron chi connectivity index (χ0n) is 11.0. The predicted octanol–water partition coefficient (Wildman–Crippen LogP) is 4.13. The summed E-state index contributed by atoms with van der Waals surface area (Å²) in [4.78, 5) is 0. The Kier molecular flexibility index (Phi) is 5.70. The van der Waals surface area contributed by atoms with Crippen molar-refractivity contribution in [2.45, 2.75) is 19.9 Å². The molecule has 0 spiro atoms. The average molecular weight is 296 g/mol. The molecule has 0 bridgehead atoms.